The van der Waals surface area contributed by atoms with E-state index in [-0.39, 0.29) is 10.8 Å². The Balaban J connectivity index is 1.61. The normalized spacial score (nSPS) is 16.3. The van der Waals surface area contributed by atoms with Gasteiger partial charge in [0, 0.05) is 0 Å². The van der Waals surface area contributed by atoms with E-state index in [1.54, 1.807) is 16.7 Å². The third-order valence-corrected chi connectivity index (χ3v) is 28.1. The van der Waals surface area contributed by atoms with Crippen molar-refractivity contribution in [2.75, 3.05) is 0 Å². The molecule has 4 aromatic carbocycles. The third-order valence-electron chi connectivity index (χ3n) is 8.97. The number of hydrogen-bond donors (Lipinski definition) is 0. The SMILES string of the molecule is C[Si](C)=[Zr]([CH]1C=C(c2ccccc2)c2ccccc21)[CH]1c2cc(C(C)(C)C)ccc2-c2ccc(C(C)(C)C)cc21. The summed E-state index contributed by atoms with van der Waals surface area (Å²) in [6.45, 7) is 19.4. The van der Waals surface area contributed by atoms with Crippen molar-refractivity contribution in [3.8, 4) is 11.1 Å². The predicted octanol–water partition coefficient (Wildman–Crippen LogP) is 10.4. The van der Waals surface area contributed by atoms with Gasteiger partial charge in [-0.3, -0.25) is 0 Å². The first-order chi connectivity index (χ1) is 18.9. The van der Waals surface area contributed by atoms with Gasteiger partial charge in [0.15, 0.2) is 0 Å². The Morgan fingerprint density at radius 2 is 1.10 bits per heavy atom. The molecule has 2 heteroatoms. The number of benzene rings is 4. The molecule has 0 amide bonds. The molecule has 2 aliphatic rings. The van der Waals surface area contributed by atoms with Crippen molar-refractivity contribution >= 4 is 11.0 Å². The third kappa shape index (κ3) is 4.80. The molecule has 1 unspecified atom stereocenters. The van der Waals surface area contributed by atoms with E-state index >= 15 is 0 Å². The zero-order valence-corrected chi connectivity index (χ0v) is 28.9. The summed E-state index contributed by atoms with van der Waals surface area (Å²) in [6, 6.07) is 35.4. The first-order valence-electron chi connectivity index (χ1n) is 14.8. The second-order valence-corrected chi connectivity index (χ2v) is 32.0. The molecule has 0 radical (unpaired) electrons. The number of hydrogen-bond acceptors (Lipinski definition) is 0. The minimum absolute atomic E-state index is 0.140. The van der Waals surface area contributed by atoms with Gasteiger partial charge in [-0.2, -0.15) is 0 Å². The molecule has 0 fully saturated rings. The fraction of sp³-hybridized carbons (Fsp3) is 0.316. The summed E-state index contributed by atoms with van der Waals surface area (Å²) in [7, 11) is 0. The second-order valence-electron chi connectivity index (χ2n) is 14.0. The molecule has 0 N–H and O–H groups in total. The first kappa shape index (κ1) is 27.9. The Morgan fingerprint density at radius 3 is 1.62 bits per heavy atom. The van der Waals surface area contributed by atoms with Gasteiger partial charge in [0.05, 0.1) is 0 Å². The minimum atomic E-state index is -2.22. The van der Waals surface area contributed by atoms with Crippen LogP contribution in [0, 0.1) is 0 Å². The van der Waals surface area contributed by atoms with E-state index in [1.165, 1.54) is 39.0 Å². The van der Waals surface area contributed by atoms with E-state index in [4.69, 9.17) is 0 Å². The summed E-state index contributed by atoms with van der Waals surface area (Å²) in [5.74, 6) is 0. The van der Waals surface area contributed by atoms with Crippen LogP contribution >= 0.6 is 0 Å². The molecule has 0 saturated heterocycles. The molecule has 202 valence electrons. The average Bonchev–Trinajstić information content (AvgIpc) is 3.44. The predicted molar refractivity (Wildman–Crippen MR) is 171 cm³/mol. The van der Waals surface area contributed by atoms with E-state index in [9.17, 15) is 0 Å². The Hall–Kier alpha value is -2.28. The Kier molecular flexibility index (Phi) is 7.12. The van der Waals surface area contributed by atoms with Crippen molar-refractivity contribution in [1.29, 1.82) is 0 Å². The van der Waals surface area contributed by atoms with Gasteiger partial charge in [-0.15, -0.1) is 0 Å². The molecule has 40 heavy (non-hydrogen) atoms. The maximum absolute atomic E-state index is 2.71. The van der Waals surface area contributed by atoms with Gasteiger partial charge in [-0.05, 0) is 0 Å². The van der Waals surface area contributed by atoms with Gasteiger partial charge < -0.3 is 0 Å². The van der Waals surface area contributed by atoms with Crippen LogP contribution in [-0.2, 0) is 31.2 Å². The molecular formula is C38H42SiZr. The molecule has 0 bridgehead atoms. The summed E-state index contributed by atoms with van der Waals surface area (Å²) in [6.07, 6.45) is 2.71. The molecule has 0 aromatic heterocycles. The molecule has 6 rings (SSSR count). The van der Waals surface area contributed by atoms with Gasteiger partial charge in [0.1, 0.15) is 0 Å². The van der Waals surface area contributed by atoms with E-state index in [2.05, 4.69) is 152 Å². The molecule has 0 nitrogen and oxygen atoms in total. The molecule has 0 aliphatic heterocycles. The van der Waals surface area contributed by atoms with Crippen molar-refractivity contribution in [3.05, 3.63) is 136 Å². The number of rotatable bonds is 3. The zero-order chi connectivity index (χ0) is 28.4. The van der Waals surface area contributed by atoms with Crippen LogP contribution < -0.4 is 0 Å². The number of allylic oxidation sites excluding steroid dienone is 1. The van der Waals surface area contributed by atoms with Crippen LogP contribution in [0.3, 0.4) is 0 Å². The van der Waals surface area contributed by atoms with Crippen molar-refractivity contribution in [2.45, 2.75) is 72.7 Å². The summed E-state index contributed by atoms with van der Waals surface area (Å²) in [5, 5.41) is 0. The van der Waals surface area contributed by atoms with Crippen LogP contribution in [0.4, 0.5) is 0 Å². The summed E-state index contributed by atoms with van der Waals surface area (Å²) in [4.78, 5) is 0. The zero-order valence-electron chi connectivity index (χ0n) is 25.4. The fourth-order valence-corrected chi connectivity index (χ4v) is 26.1. The van der Waals surface area contributed by atoms with Crippen LogP contribution in [-0.4, -0.2) is 5.43 Å². The molecule has 0 spiro atoms. The van der Waals surface area contributed by atoms with Crippen molar-refractivity contribution < 1.29 is 20.4 Å². The topological polar surface area (TPSA) is 0 Å². The Morgan fingerprint density at radius 1 is 0.575 bits per heavy atom. The fourth-order valence-electron chi connectivity index (χ4n) is 6.79. The van der Waals surface area contributed by atoms with Gasteiger partial charge in [0.2, 0.25) is 0 Å². The standard InChI is InChI=1S/C21H25.C15H11.C2H6Si.Zr/c1-20(2,3)16-7-9-18-14(12-16)11-15-13-17(21(4,5)6)8-10-19(15)18;1-2-6-12(7-3-1)15-11-10-13-8-4-5-9-14(13)15;1-3-2;/h7-13H,1-6H3;1-11H;1-2H3;. The molecule has 1 atom stereocenters. The molecule has 4 aromatic rings. The number of fused-ring (bicyclic) bond motifs is 4. The van der Waals surface area contributed by atoms with Crippen molar-refractivity contribution in [1.82, 2.24) is 0 Å². The van der Waals surface area contributed by atoms with Crippen LogP contribution in [0.25, 0.3) is 16.7 Å². The average molecular weight is 618 g/mol. The Labute approximate surface area is 249 Å². The van der Waals surface area contributed by atoms with Crippen molar-refractivity contribution in [2.24, 2.45) is 0 Å². The molecular weight excluding hydrogens is 576 g/mol. The molecule has 2 aliphatic carbocycles. The van der Waals surface area contributed by atoms with Crippen LogP contribution in [0.15, 0.2) is 97.1 Å². The maximum atomic E-state index is 2.71. The monoisotopic (exact) mass is 616 g/mol. The first-order valence-corrected chi connectivity index (χ1v) is 23.8. The van der Waals surface area contributed by atoms with Gasteiger partial charge in [-0.25, -0.2) is 0 Å². The summed E-state index contributed by atoms with van der Waals surface area (Å²) < 4.78 is 1.18. The Bertz CT molecular complexity index is 1610. The van der Waals surface area contributed by atoms with E-state index in [0.29, 0.717) is 7.25 Å². The summed E-state index contributed by atoms with van der Waals surface area (Å²) in [5.41, 5.74) is 14.8. The van der Waals surface area contributed by atoms with Gasteiger partial charge >= 0.3 is 251 Å². The quantitative estimate of drug-likeness (QED) is 0.201. The second kappa shape index (κ2) is 10.2. The van der Waals surface area contributed by atoms with Crippen LogP contribution in [0.2, 0.25) is 13.1 Å². The van der Waals surface area contributed by atoms with Crippen LogP contribution in [0.1, 0.15) is 87.7 Å². The summed E-state index contributed by atoms with van der Waals surface area (Å²) >= 11 is -2.22. The van der Waals surface area contributed by atoms with Gasteiger partial charge in [-0.1, -0.05) is 0 Å². The van der Waals surface area contributed by atoms with Gasteiger partial charge in [0.25, 0.3) is 0 Å². The van der Waals surface area contributed by atoms with E-state index in [0.717, 1.165) is 0 Å². The van der Waals surface area contributed by atoms with E-state index in [1.807, 2.05) is 0 Å². The molecule has 0 heterocycles. The molecule has 0 saturated carbocycles. The van der Waals surface area contributed by atoms with Crippen molar-refractivity contribution in [3.63, 3.8) is 0 Å². The van der Waals surface area contributed by atoms with Crippen LogP contribution in [0.5, 0.6) is 0 Å². The van der Waals surface area contributed by atoms with E-state index < -0.39 is 25.8 Å².